The largest absolute Gasteiger partial charge is 0.497 e. The van der Waals surface area contributed by atoms with Gasteiger partial charge in [0.25, 0.3) is 11.5 Å². The summed E-state index contributed by atoms with van der Waals surface area (Å²) in [5.74, 6) is -1.54. The lowest BCUT2D eigenvalue weighted by atomic mass is 10.1. The van der Waals surface area contributed by atoms with Crippen LogP contribution in [-0.2, 0) is 0 Å². The van der Waals surface area contributed by atoms with Crippen LogP contribution in [0.25, 0.3) is 16.9 Å². The van der Waals surface area contributed by atoms with E-state index in [1.807, 2.05) is 0 Å². The quantitative estimate of drug-likeness (QED) is 0.563. The molecule has 11 heteroatoms. The molecule has 0 aliphatic rings. The minimum atomic E-state index is -4.93. The van der Waals surface area contributed by atoms with Gasteiger partial charge in [-0.1, -0.05) is 6.07 Å². The summed E-state index contributed by atoms with van der Waals surface area (Å²) in [6.45, 7) is -1.41. The van der Waals surface area contributed by atoms with Gasteiger partial charge in [0.05, 0.1) is 25.1 Å². The zero-order valence-electron chi connectivity index (χ0n) is 16.6. The summed E-state index contributed by atoms with van der Waals surface area (Å²) < 4.78 is 58.4. The molecule has 0 radical (unpaired) electrons. The number of aromatic nitrogens is 2. The van der Waals surface area contributed by atoms with Crippen LogP contribution in [0.1, 0.15) is 10.4 Å². The van der Waals surface area contributed by atoms with Gasteiger partial charge in [-0.15, -0.1) is 0 Å². The van der Waals surface area contributed by atoms with E-state index >= 15 is 0 Å². The highest BCUT2D eigenvalue weighted by Crippen LogP contribution is 2.23. The van der Waals surface area contributed by atoms with Gasteiger partial charge < -0.3 is 15.2 Å². The molecule has 0 saturated carbocycles. The molecule has 0 spiro atoms. The molecule has 32 heavy (non-hydrogen) atoms. The molecule has 1 atom stereocenters. The van der Waals surface area contributed by atoms with E-state index in [4.69, 9.17) is 9.84 Å². The lowest BCUT2D eigenvalue weighted by molar-refractivity contribution is -0.161. The van der Waals surface area contributed by atoms with Gasteiger partial charge in [0, 0.05) is 5.56 Å². The molecule has 2 aromatic carbocycles. The summed E-state index contributed by atoms with van der Waals surface area (Å²) >= 11 is 0. The highest BCUT2D eigenvalue weighted by Gasteiger charge is 2.40. The lowest BCUT2D eigenvalue weighted by Crippen LogP contribution is -2.49. The first-order valence-corrected chi connectivity index (χ1v) is 9.17. The van der Waals surface area contributed by atoms with E-state index in [-0.39, 0.29) is 11.4 Å². The first kappa shape index (κ1) is 22.9. The van der Waals surface area contributed by atoms with E-state index in [0.717, 1.165) is 22.9 Å². The predicted molar refractivity (Wildman–Crippen MR) is 106 cm³/mol. The van der Waals surface area contributed by atoms with Crippen molar-refractivity contribution in [3.63, 3.8) is 0 Å². The Hall–Kier alpha value is -3.73. The highest BCUT2D eigenvalue weighted by molar-refractivity contribution is 5.95. The van der Waals surface area contributed by atoms with Gasteiger partial charge in [0.2, 0.25) is 0 Å². The number of aliphatic hydroxyl groups is 1. The number of nitrogens with one attached hydrogen (secondary N) is 1. The Morgan fingerprint density at radius 1 is 1.19 bits per heavy atom. The Kier molecular flexibility index (Phi) is 6.58. The number of halogens is 4. The summed E-state index contributed by atoms with van der Waals surface area (Å²) in [4.78, 5) is 25.4. The van der Waals surface area contributed by atoms with Gasteiger partial charge in [-0.2, -0.15) is 23.0 Å². The molecule has 1 heterocycles. The molecule has 0 bridgehead atoms. The number of aliphatic hydroxyl groups excluding tert-OH is 1. The summed E-state index contributed by atoms with van der Waals surface area (Å²) in [7, 11) is 1.46. The van der Waals surface area contributed by atoms with Crippen LogP contribution in [0.2, 0.25) is 0 Å². The summed E-state index contributed by atoms with van der Waals surface area (Å²) in [6, 6.07) is 9.53. The van der Waals surface area contributed by atoms with Gasteiger partial charge in [-0.25, -0.2) is 4.39 Å². The Balaban J connectivity index is 2.16. The first-order valence-electron chi connectivity index (χ1n) is 9.17. The zero-order chi connectivity index (χ0) is 23.5. The van der Waals surface area contributed by atoms with Crippen LogP contribution in [0.5, 0.6) is 5.75 Å². The van der Waals surface area contributed by atoms with Crippen LogP contribution in [0.3, 0.4) is 0 Å². The molecule has 0 aliphatic carbocycles. The number of amides is 1. The molecule has 0 unspecified atom stereocenters. The number of carbonyl (C=O) groups excluding carboxylic acids is 1. The summed E-state index contributed by atoms with van der Waals surface area (Å²) in [6.07, 6.45) is -4.93. The Morgan fingerprint density at radius 3 is 2.44 bits per heavy atom. The molecule has 3 aromatic rings. The molecule has 7 nitrogen and oxygen atoms in total. The van der Waals surface area contributed by atoms with Crippen molar-refractivity contribution in [3.05, 3.63) is 76.3 Å². The van der Waals surface area contributed by atoms with E-state index in [0.29, 0.717) is 11.3 Å². The van der Waals surface area contributed by atoms with Gasteiger partial charge in [0.1, 0.15) is 23.2 Å². The number of carbonyl (C=O) groups is 1. The van der Waals surface area contributed by atoms with E-state index in [1.54, 1.807) is 29.6 Å². The van der Waals surface area contributed by atoms with E-state index < -0.39 is 41.7 Å². The molecular formula is C21H17F4N3O4. The number of ether oxygens (including phenoxy) is 1. The topological polar surface area (TPSA) is 93.5 Å². The van der Waals surface area contributed by atoms with E-state index in [2.05, 4.69) is 5.10 Å². The molecule has 168 valence electrons. The van der Waals surface area contributed by atoms with Gasteiger partial charge in [0.15, 0.2) is 0 Å². The van der Waals surface area contributed by atoms with E-state index in [1.165, 1.54) is 19.2 Å². The molecule has 1 aromatic heterocycles. The minimum Gasteiger partial charge on any atom is -0.497 e. The normalized spacial score (nSPS) is 12.3. The second-order valence-electron chi connectivity index (χ2n) is 6.62. The van der Waals surface area contributed by atoms with Crippen LogP contribution < -0.4 is 15.6 Å². The average Bonchev–Trinajstić information content (AvgIpc) is 2.76. The van der Waals surface area contributed by atoms with Crippen molar-refractivity contribution >= 4 is 5.91 Å². The second kappa shape index (κ2) is 9.18. The third-order valence-electron chi connectivity index (χ3n) is 4.48. The monoisotopic (exact) mass is 451 g/mol. The smallest absolute Gasteiger partial charge is 0.410 e. The van der Waals surface area contributed by atoms with Crippen molar-refractivity contribution in [2.45, 2.75) is 12.2 Å². The number of alkyl halides is 3. The zero-order valence-corrected chi connectivity index (χ0v) is 16.6. The second-order valence-corrected chi connectivity index (χ2v) is 6.62. The fourth-order valence-electron chi connectivity index (χ4n) is 2.81. The summed E-state index contributed by atoms with van der Waals surface area (Å²) in [5.41, 5.74) is -1.29. The Morgan fingerprint density at radius 2 is 1.88 bits per heavy atom. The molecule has 1 amide bonds. The third-order valence-corrected chi connectivity index (χ3v) is 4.48. The molecule has 3 rings (SSSR count). The van der Waals surface area contributed by atoms with Crippen molar-refractivity contribution in [1.29, 1.82) is 0 Å². The van der Waals surface area contributed by atoms with Crippen LogP contribution >= 0.6 is 0 Å². The van der Waals surface area contributed by atoms with E-state index in [9.17, 15) is 27.2 Å². The molecule has 2 N–H and O–H groups in total. The SMILES string of the molecule is COc1ccc(-c2cc(C(=O)N[C@H](CO)C(F)(F)F)c(=O)n(-c3cccc(F)c3)n2)cc1. The number of methoxy groups -OCH3 is 1. The van der Waals surface area contributed by atoms with Crippen LogP contribution in [0.15, 0.2) is 59.4 Å². The standard InChI is InChI=1S/C21H17F4N3O4/c1-32-15-7-5-12(6-8-15)17-10-16(19(30)26-18(11-29)21(23,24)25)20(31)28(27-17)14-4-2-3-13(22)9-14/h2-10,18,29H,11H2,1H3,(H,26,30)/t18-/m1/s1. The average molecular weight is 451 g/mol. The first-order chi connectivity index (χ1) is 15.1. The molecule has 0 aliphatic heterocycles. The number of rotatable bonds is 6. The maximum atomic E-state index is 13.7. The van der Waals surface area contributed by atoms with Crippen molar-refractivity contribution in [2.75, 3.05) is 13.7 Å². The number of benzene rings is 2. The third kappa shape index (κ3) is 4.94. The Bertz CT molecular complexity index is 1180. The Labute approximate surface area is 178 Å². The van der Waals surface area contributed by atoms with Crippen molar-refractivity contribution in [2.24, 2.45) is 0 Å². The van der Waals surface area contributed by atoms with Crippen molar-refractivity contribution in [3.8, 4) is 22.7 Å². The fourth-order valence-corrected chi connectivity index (χ4v) is 2.81. The number of nitrogens with zero attached hydrogens (tertiary/aromatic N) is 2. The molecular weight excluding hydrogens is 434 g/mol. The van der Waals surface area contributed by atoms with Gasteiger partial charge in [-0.05, 0) is 48.5 Å². The maximum absolute atomic E-state index is 13.7. The molecule has 0 fully saturated rings. The van der Waals surface area contributed by atoms with Crippen molar-refractivity contribution in [1.82, 2.24) is 15.1 Å². The van der Waals surface area contributed by atoms with Crippen LogP contribution in [0.4, 0.5) is 17.6 Å². The maximum Gasteiger partial charge on any atom is 0.410 e. The number of hydrogen-bond donors (Lipinski definition) is 2. The number of hydrogen-bond acceptors (Lipinski definition) is 5. The predicted octanol–water partition coefficient (Wildman–Crippen LogP) is 2.70. The van der Waals surface area contributed by atoms with Gasteiger partial charge >= 0.3 is 6.18 Å². The molecule has 0 saturated heterocycles. The fraction of sp³-hybridized carbons (Fsp3) is 0.190. The highest BCUT2D eigenvalue weighted by atomic mass is 19.4. The van der Waals surface area contributed by atoms with Crippen molar-refractivity contribution < 1.29 is 32.2 Å². The van der Waals surface area contributed by atoms with Crippen LogP contribution in [0, 0.1) is 5.82 Å². The van der Waals surface area contributed by atoms with Gasteiger partial charge in [-0.3, -0.25) is 9.59 Å². The lowest BCUT2D eigenvalue weighted by Gasteiger charge is -2.19. The van der Waals surface area contributed by atoms with Crippen LogP contribution in [-0.4, -0.2) is 46.7 Å². The summed E-state index contributed by atoms with van der Waals surface area (Å²) in [5, 5.41) is 14.7. The minimum absolute atomic E-state index is 0.0334.